The number of carbonyl (C=O) groups excluding carboxylic acids is 1. The molecule has 2 atom stereocenters. The summed E-state index contributed by atoms with van der Waals surface area (Å²) in [7, 11) is 0. The molecule has 5 N–H and O–H groups in total. The molecule has 0 spiro atoms. The van der Waals surface area contributed by atoms with Crippen molar-refractivity contribution in [2.45, 2.75) is 25.9 Å². The molecule has 1 aliphatic rings. The van der Waals surface area contributed by atoms with E-state index in [1.807, 2.05) is 0 Å². The van der Waals surface area contributed by atoms with Gasteiger partial charge in [0.05, 0.1) is 5.56 Å². The normalized spacial score (nSPS) is 18.7. The molecule has 0 saturated carbocycles. The number of fused-ring (bicyclic) bond motifs is 1. The van der Waals surface area contributed by atoms with Crippen molar-refractivity contribution in [1.29, 1.82) is 0 Å². The molecule has 1 heterocycles. The molecule has 8 nitrogen and oxygen atoms in total. The van der Waals surface area contributed by atoms with Crippen LogP contribution in [0.2, 0.25) is 0 Å². The molecule has 3 rings (SSSR count). The minimum atomic E-state index is -0.838. The summed E-state index contributed by atoms with van der Waals surface area (Å²) in [5.74, 6) is -3.23. The van der Waals surface area contributed by atoms with Gasteiger partial charge in [-0.15, -0.1) is 0 Å². The third-order valence-electron chi connectivity index (χ3n) is 4.49. The molecule has 2 unspecified atom stereocenters. The molecular weight excluding hydrogens is 344 g/mol. The molecule has 138 valence electrons. The number of hydrogen-bond donors (Lipinski definition) is 5. The summed E-state index contributed by atoms with van der Waals surface area (Å²) in [6, 6.07) is 3.15. The predicted molar refractivity (Wildman–Crippen MR) is 89.1 cm³/mol. The third-order valence-corrected chi connectivity index (χ3v) is 4.49. The zero-order chi connectivity index (χ0) is 19.2. The molecule has 0 amide bonds. The molecule has 2 aromatic rings. The minimum absolute atomic E-state index is 0.000310. The van der Waals surface area contributed by atoms with Gasteiger partial charge in [0.25, 0.3) is 0 Å². The molecule has 0 radical (unpaired) electrons. The van der Waals surface area contributed by atoms with E-state index in [2.05, 4.69) is 0 Å². The highest BCUT2D eigenvalue weighted by Gasteiger charge is 2.35. The van der Waals surface area contributed by atoms with E-state index in [0.29, 0.717) is 16.9 Å². The average Bonchev–Trinajstić information content (AvgIpc) is 2.58. The van der Waals surface area contributed by atoms with Crippen LogP contribution in [0.25, 0.3) is 0 Å². The Morgan fingerprint density at radius 2 is 1.65 bits per heavy atom. The Morgan fingerprint density at radius 3 is 2.27 bits per heavy atom. The smallest absolute Gasteiger partial charge is 0.338 e. The van der Waals surface area contributed by atoms with Crippen molar-refractivity contribution < 1.29 is 39.8 Å². The quantitative estimate of drug-likeness (QED) is 0.405. The molecule has 1 aliphatic heterocycles. The summed E-state index contributed by atoms with van der Waals surface area (Å²) in [5, 5.41) is 48.3. The van der Waals surface area contributed by atoms with Crippen LogP contribution in [0.1, 0.15) is 34.3 Å². The fraction of sp³-hybridized carbons (Fsp3) is 0.278. The lowest BCUT2D eigenvalue weighted by molar-refractivity contribution is 0.00400. The lowest BCUT2D eigenvalue weighted by Crippen LogP contribution is -2.34. The van der Waals surface area contributed by atoms with Gasteiger partial charge in [-0.05, 0) is 19.1 Å². The van der Waals surface area contributed by atoms with E-state index < -0.39 is 35.2 Å². The molecule has 26 heavy (non-hydrogen) atoms. The lowest BCUT2D eigenvalue weighted by atomic mass is 9.89. The van der Waals surface area contributed by atoms with Gasteiger partial charge in [-0.25, -0.2) is 4.79 Å². The average molecular weight is 362 g/mol. The van der Waals surface area contributed by atoms with E-state index in [4.69, 9.17) is 9.47 Å². The van der Waals surface area contributed by atoms with Crippen LogP contribution in [0.5, 0.6) is 34.5 Å². The van der Waals surface area contributed by atoms with Gasteiger partial charge in [0.2, 0.25) is 0 Å². The van der Waals surface area contributed by atoms with Crippen molar-refractivity contribution in [3.05, 3.63) is 34.9 Å². The second kappa shape index (κ2) is 6.21. The van der Waals surface area contributed by atoms with Gasteiger partial charge in [-0.2, -0.15) is 0 Å². The van der Waals surface area contributed by atoms with Gasteiger partial charge in [0, 0.05) is 23.1 Å². The van der Waals surface area contributed by atoms with E-state index in [0.717, 1.165) is 12.1 Å². The largest absolute Gasteiger partial charge is 0.507 e. The number of hydrogen-bond acceptors (Lipinski definition) is 8. The highest BCUT2D eigenvalue weighted by molar-refractivity contribution is 5.91. The molecule has 0 saturated heterocycles. The first-order valence-corrected chi connectivity index (χ1v) is 7.84. The van der Waals surface area contributed by atoms with Gasteiger partial charge < -0.3 is 35.0 Å². The van der Waals surface area contributed by atoms with Crippen LogP contribution in [0.15, 0.2) is 18.2 Å². The molecule has 0 bridgehead atoms. The summed E-state index contributed by atoms with van der Waals surface area (Å²) in [6.45, 7) is 3.38. The minimum Gasteiger partial charge on any atom is -0.507 e. The van der Waals surface area contributed by atoms with E-state index >= 15 is 0 Å². The number of phenols is 5. The van der Waals surface area contributed by atoms with E-state index in [1.54, 1.807) is 13.8 Å². The molecule has 0 aliphatic carbocycles. The Balaban J connectivity index is 1.86. The Hall–Kier alpha value is -3.29. The Bertz CT molecular complexity index is 866. The lowest BCUT2D eigenvalue weighted by Gasteiger charge is -2.32. The number of carbonyl (C=O) groups is 1. The fourth-order valence-electron chi connectivity index (χ4n) is 2.94. The molecule has 2 aromatic carbocycles. The van der Waals surface area contributed by atoms with E-state index in [9.17, 15) is 30.3 Å². The SMILES string of the molecule is Cc1c(O)cc(O)c2c1OCC(OC(=O)c1cc(O)c(O)c(O)c1)C2C. The summed E-state index contributed by atoms with van der Waals surface area (Å²) >= 11 is 0. The van der Waals surface area contributed by atoms with E-state index in [-0.39, 0.29) is 23.7 Å². The van der Waals surface area contributed by atoms with Crippen LogP contribution in [0.4, 0.5) is 0 Å². The fourth-order valence-corrected chi connectivity index (χ4v) is 2.94. The molecular formula is C18H18O8. The number of aromatic hydroxyl groups is 5. The standard InChI is InChI=1S/C18H18O8/c1-7-10(19)5-11(20)15-8(2)14(6-25-17(7)15)26-18(24)9-3-12(21)16(23)13(22)4-9/h3-5,8,14,19-23H,6H2,1-2H3. The predicted octanol–water partition coefficient (Wildman–Crippen LogP) is 2.24. The maximum atomic E-state index is 12.3. The first kappa shape index (κ1) is 17.5. The maximum absolute atomic E-state index is 12.3. The van der Waals surface area contributed by atoms with Crippen LogP contribution < -0.4 is 4.74 Å². The van der Waals surface area contributed by atoms with Crippen LogP contribution in [-0.2, 0) is 4.74 Å². The topological polar surface area (TPSA) is 137 Å². The zero-order valence-corrected chi connectivity index (χ0v) is 14.1. The Morgan fingerprint density at radius 1 is 1.04 bits per heavy atom. The van der Waals surface area contributed by atoms with Crippen LogP contribution in [0, 0.1) is 6.92 Å². The van der Waals surface area contributed by atoms with Gasteiger partial charge in [0.15, 0.2) is 17.2 Å². The third kappa shape index (κ3) is 2.79. The highest BCUT2D eigenvalue weighted by Crippen LogP contribution is 2.46. The summed E-state index contributed by atoms with van der Waals surface area (Å²) in [6.07, 6.45) is -0.747. The van der Waals surface area contributed by atoms with Crippen molar-refractivity contribution in [3.63, 3.8) is 0 Å². The number of ether oxygens (including phenoxy) is 2. The highest BCUT2D eigenvalue weighted by atomic mass is 16.6. The summed E-state index contributed by atoms with van der Waals surface area (Å²) in [4.78, 5) is 12.3. The number of phenolic OH excluding ortho intramolecular Hbond substituents is 5. The monoisotopic (exact) mass is 362 g/mol. The van der Waals surface area contributed by atoms with E-state index in [1.165, 1.54) is 6.07 Å². The van der Waals surface area contributed by atoms with Gasteiger partial charge in [-0.3, -0.25) is 0 Å². The van der Waals surface area contributed by atoms with Crippen LogP contribution in [0.3, 0.4) is 0 Å². The molecule has 0 fully saturated rings. The first-order chi connectivity index (χ1) is 12.2. The molecule has 0 aromatic heterocycles. The maximum Gasteiger partial charge on any atom is 0.338 e. The zero-order valence-electron chi connectivity index (χ0n) is 14.1. The first-order valence-electron chi connectivity index (χ1n) is 7.84. The van der Waals surface area contributed by atoms with Crippen molar-refractivity contribution in [3.8, 4) is 34.5 Å². The summed E-state index contributed by atoms with van der Waals surface area (Å²) < 4.78 is 10.9. The van der Waals surface area contributed by atoms with Gasteiger partial charge >= 0.3 is 5.97 Å². The van der Waals surface area contributed by atoms with Crippen molar-refractivity contribution in [2.24, 2.45) is 0 Å². The Labute approximate surface area is 148 Å². The summed E-state index contributed by atoms with van der Waals surface area (Å²) in [5.41, 5.74) is 0.741. The Kier molecular flexibility index (Phi) is 4.19. The van der Waals surface area contributed by atoms with Crippen molar-refractivity contribution in [1.82, 2.24) is 0 Å². The number of esters is 1. The van der Waals surface area contributed by atoms with Gasteiger partial charge in [-0.1, -0.05) is 6.92 Å². The number of benzene rings is 2. The van der Waals surface area contributed by atoms with Crippen LogP contribution in [-0.4, -0.2) is 44.2 Å². The van der Waals surface area contributed by atoms with Gasteiger partial charge in [0.1, 0.15) is 30.0 Å². The number of rotatable bonds is 2. The van der Waals surface area contributed by atoms with Crippen molar-refractivity contribution >= 4 is 5.97 Å². The second-order valence-electron chi connectivity index (χ2n) is 6.19. The molecule has 8 heteroatoms. The van der Waals surface area contributed by atoms with Crippen molar-refractivity contribution in [2.75, 3.05) is 6.61 Å². The van der Waals surface area contributed by atoms with Crippen LogP contribution >= 0.6 is 0 Å². The second-order valence-corrected chi connectivity index (χ2v) is 6.19.